The first kappa shape index (κ1) is 52.9. The van der Waals surface area contributed by atoms with Crippen LogP contribution in [0, 0.1) is 0 Å². The van der Waals surface area contributed by atoms with Crippen molar-refractivity contribution in [1.29, 1.82) is 0 Å². The summed E-state index contributed by atoms with van der Waals surface area (Å²) >= 11 is 0. The molecule has 0 radical (unpaired) electrons. The molecule has 442 valence electrons. The van der Waals surface area contributed by atoms with E-state index in [1.807, 2.05) is 0 Å². The van der Waals surface area contributed by atoms with Crippen molar-refractivity contribution in [2.24, 2.45) is 0 Å². The Hall–Kier alpha value is -12.6. The van der Waals surface area contributed by atoms with E-state index < -0.39 is 0 Å². The number of benzene rings is 19. The van der Waals surface area contributed by atoms with Gasteiger partial charge in [-0.2, -0.15) is 0 Å². The fourth-order valence-electron chi connectivity index (χ4n) is 16.9. The molecule has 19 aromatic carbocycles. The van der Waals surface area contributed by atoms with Gasteiger partial charge in [0.2, 0.25) is 0 Å². The third kappa shape index (κ3) is 7.64. The summed E-state index contributed by atoms with van der Waals surface area (Å²) in [5.74, 6) is 0. The Bertz CT molecular complexity index is 6830. The predicted molar refractivity (Wildman–Crippen MR) is 409 cm³/mol. The average Bonchev–Trinajstić information content (AvgIpc) is 1.45. The number of fused-ring (bicyclic) bond motifs is 23. The zero-order valence-corrected chi connectivity index (χ0v) is 52.0. The maximum atomic E-state index is 7.11. The molecule has 0 unspecified atom stereocenters. The highest BCUT2D eigenvalue weighted by molar-refractivity contribution is 6.34. The van der Waals surface area contributed by atoms with Gasteiger partial charge in [-0.3, -0.25) is 0 Å². The molecule has 2 heteroatoms. The molecule has 0 N–H and O–H groups in total. The van der Waals surface area contributed by atoms with Crippen LogP contribution in [0.15, 0.2) is 336 Å². The van der Waals surface area contributed by atoms with Gasteiger partial charge in [-0.1, -0.05) is 285 Å². The first-order valence-electron chi connectivity index (χ1n) is 33.2. The van der Waals surface area contributed by atoms with Crippen LogP contribution < -0.4 is 0 Å². The second-order valence-corrected chi connectivity index (χ2v) is 25.9. The summed E-state index contributed by atoms with van der Waals surface area (Å²) in [5, 5.41) is 28.6. The Balaban J connectivity index is 0.699. The molecule has 0 atom stereocenters. The lowest BCUT2D eigenvalue weighted by atomic mass is 9.83. The standard InChI is InChI=1S/C94H54O2/c1-2-21-55(22-3-1)61-23-4-8-27-68(61)90-77-36-17-15-34-75(77)89(76-35-16-18-37-78(76)90)60-46-50-86-84(54-60)92-70-29-10-6-26-66(70)82-51-57(44-48-80(82)94(92)96-86)62-39-20-40-65-67(62)47-43-56-41-42-58(52-81(56)65)87-71-30-11-13-32-73(71)88(74-33-14-12-31-72(74)87)59-45-49-85-83(53-59)91-69-28-9-5-24-63(69)64-25-7-19-38-79(64)93(91)95-85/h1-54H. The van der Waals surface area contributed by atoms with E-state index in [2.05, 4.69) is 328 Å². The summed E-state index contributed by atoms with van der Waals surface area (Å²) in [6.07, 6.45) is 0. The van der Waals surface area contributed by atoms with Gasteiger partial charge < -0.3 is 8.83 Å². The number of rotatable bonds is 6. The Morgan fingerprint density at radius 1 is 0.156 bits per heavy atom. The van der Waals surface area contributed by atoms with Gasteiger partial charge in [0, 0.05) is 32.3 Å². The fraction of sp³-hybridized carbons (Fsp3) is 0. The van der Waals surface area contributed by atoms with E-state index in [0.717, 1.165) is 65.8 Å². The van der Waals surface area contributed by atoms with Crippen molar-refractivity contribution in [3.8, 4) is 66.8 Å². The minimum Gasteiger partial charge on any atom is -0.455 e. The molecule has 2 heterocycles. The lowest BCUT2D eigenvalue weighted by Gasteiger charge is -2.19. The van der Waals surface area contributed by atoms with Crippen LogP contribution in [0.25, 0.3) is 218 Å². The van der Waals surface area contributed by atoms with Gasteiger partial charge in [0.15, 0.2) is 0 Å². The summed E-state index contributed by atoms with van der Waals surface area (Å²) in [6.45, 7) is 0. The first-order valence-corrected chi connectivity index (χ1v) is 33.2. The van der Waals surface area contributed by atoms with Crippen LogP contribution in [-0.2, 0) is 0 Å². The summed E-state index contributed by atoms with van der Waals surface area (Å²) in [5.41, 5.74) is 18.1. The van der Waals surface area contributed by atoms with Gasteiger partial charge >= 0.3 is 0 Å². The molecule has 2 nitrogen and oxygen atoms in total. The van der Waals surface area contributed by atoms with E-state index in [1.165, 1.54) is 153 Å². The molecule has 21 rings (SSSR count). The minimum absolute atomic E-state index is 0.874. The van der Waals surface area contributed by atoms with E-state index in [9.17, 15) is 0 Å². The topological polar surface area (TPSA) is 26.3 Å². The SMILES string of the molecule is c1ccc(-c2ccccc2-c2c3ccccc3c(-c3ccc4oc5c6ccc(-c7cccc8c7ccc7ccc(-c9c%10ccccc%10c(-c%10ccc%11oc%12c%13ccccc%13c%13ccccc%13c%12c%11c%10)c%10ccccc9%10)cc78)cc6c6ccccc6c5c4c3)c3ccccc23)cc1. The van der Waals surface area contributed by atoms with Crippen LogP contribution in [-0.4, -0.2) is 0 Å². The molecule has 0 spiro atoms. The van der Waals surface area contributed by atoms with Gasteiger partial charge in [-0.25, -0.2) is 0 Å². The molecule has 0 aliphatic carbocycles. The van der Waals surface area contributed by atoms with E-state index in [-0.39, 0.29) is 0 Å². The Labute approximate surface area is 551 Å². The number of furan rings is 2. The minimum atomic E-state index is 0.874. The summed E-state index contributed by atoms with van der Waals surface area (Å²) in [7, 11) is 0. The lowest BCUT2D eigenvalue weighted by molar-refractivity contribution is 0.672. The molecule has 2 aromatic heterocycles. The third-order valence-corrected chi connectivity index (χ3v) is 21.0. The summed E-state index contributed by atoms with van der Waals surface area (Å²) in [6, 6.07) is 121. The van der Waals surface area contributed by atoms with Crippen molar-refractivity contribution < 1.29 is 8.83 Å². The van der Waals surface area contributed by atoms with E-state index in [0.29, 0.717) is 0 Å². The van der Waals surface area contributed by atoms with Crippen molar-refractivity contribution in [3.05, 3.63) is 328 Å². The number of hydrogen-bond donors (Lipinski definition) is 0. The van der Waals surface area contributed by atoms with Crippen LogP contribution in [0.4, 0.5) is 0 Å². The normalized spacial score (nSPS) is 12.2. The van der Waals surface area contributed by atoms with Crippen molar-refractivity contribution in [2.75, 3.05) is 0 Å². The zero-order chi connectivity index (χ0) is 62.7. The average molecular weight is 1220 g/mol. The highest BCUT2D eigenvalue weighted by atomic mass is 16.3. The van der Waals surface area contributed by atoms with Crippen molar-refractivity contribution in [3.63, 3.8) is 0 Å². The van der Waals surface area contributed by atoms with Crippen LogP contribution in [0.2, 0.25) is 0 Å². The smallest absolute Gasteiger partial charge is 0.143 e. The monoisotopic (exact) mass is 1210 g/mol. The molecular weight excluding hydrogens is 1160 g/mol. The van der Waals surface area contributed by atoms with E-state index in [1.54, 1.807) is 0 Å². The van der Waals surface area contributed by atoms with Gasteiger partial charge in [-0.05, 0) is 206 Å². The van der Waals surface area contributed by atoms with Crippen molar-refractivity contribution in [2.45, 2.75) is 0 Å². The summed E-state index contributed by atoms with van der Waals surface area (Å²) in [4.78, 5) is 0. The van der Waals surface area contributed by atoms with E-state index >= 15 is 0 Å². The van der Waals surface area contributed by atoms with Crippen molar-refractivity contribution in [1.82, 2.24) is 0 Å². The lowest BCUT2D eigenvalue weighted by Crippen LogP contribution is -1.92. The van der Waals surface area contributed by atoms with Crippen LogP contribution in [0.1, 0.15) is 0 Å². The molecule has 21 aromatic rings. The van der Waals surface area contributed by atoms with Gasteiger partial charge in [-0.15, -0.1) is 0 Å². The molecule has 0 saturated heterocycles. The second-order valence-electron chi connectivity index (χ2n) is 25.9. The molecular formula is C94H54O2. The molecule has 0 bridgehead atoms. The van der Waals surface area contributed by atoms with Gasteiger partial charge in [0.1, 0.15) is 22.3 Å². The maximum absolute atomic E-state index is 7.11. The van der Waals surface area contributed by atoms with Crippen LogP contribution in [0.3, 0.4) is 0 Å². The highest BCUT2D eigenvalue weighted by Gasteiger charge is 2.25. The molecule has 96 heavy (non-hydrogen) atoms. The van der Waals surface area contributed by atoms with Crippen LogP contribution in [0.5, 0.6) is 0 Å². The highest BCUT2D eigenvalue weighted by Crippen LogP contribution is 2.51. The van der Waals surface area contributed by atoms with Gasteiger partial charge in [0.25, 0.3) is 0 Å². The molecule has 0 saturated carbocycles. The number of hydrogen-bond acceptors (Lipinski definition) is 2. The third-order valence-electron chi connectivity index (χ3n) is 21.0. The zero-order valence-electron chi connectivity index (χ0n) is 52.0. The predicted octanol–water partition coefficient (Wildman–Crippen LogP) is 27.0. The van der Waals surface area contributed by atoms with Gasteiger partial charge in [0.05, 0.1) is 0 Å². The molecule has 0 aliphatic rings. The fourth-order valence-corrected chi connectivity index (χ4v) is 16.9. The second kappa shape index (κ2) is 20.4. The Kier molecular flexibility index (Phi) is 11.3. The maximum Gasteiger partial charge on any atom is 0.143 e. The van der Waals surface area contributed by atoms with E-state index in [4.69, 9.17) is 8.83 Å². The Morgan fingerprint density at radius 3 is 1.02 bits per heavy atom. The summed E-state index contributed by atoms with van der Waals surface area (Å²) < 4.78 is 13.9. The Morgan fingerprint density at radius 2 is 0.490 bits per heavy atom. The molecule has 0 fully saturated rings. The largest absolute Gasteiger partial charge is 0.455 e. The van der Waals surface area contributed by atoms with Crippen LogP contribution >= 0.6 is 0 Å². The quantitative estimate of drug-likeness (QED) is 0.123. The molecule has 0 aliphatic heterocycles. The molecule has 0 amide bonds. The van der Waals surface area contributed by atoms with Crippen molar-refractivity contribution >= 4 is 152 Å². The first-order chi connectivity index (χ1) is 47.6.